The molecule has 0 saturated carbocycles. The van der Waals surface area contributed by atoms with Gasteiger partial charge >= 0.3 is 0 Å². The van der Waals surface area contributed by atoms with Crippen molar-refractivity contribution in [3.63, 3.8) is 0 Å². The molecule has 0 heterocycles. The lowest BCUT2D eigenvalue weighted by Gasteiger charge is -2.07. The summed E-state index contributed by atoms with van der Waals surface area (Å²) in [6, 6.07) is 6.91. The highest BCUT2D eigenvalue weighted by atomic mass is 35.5. The molecule has 1 aromatic rings. The second kappa shape index (κ2) is 5.62. The number of ether oxygens (including phenoxy) is 1. The predicted octanol–water partition coefficient (Wildman–Crippen LogP) is 1.87. The molecule has 84 valence electrons. The van der Waals surface area contributed by atoms with Gasteiger partial charge in [0.2, 0.25) is 0 Å². The van der Waals surface area contributed by atoms with E-state index in [2.05, 4.69) is 15.4 Å². The van der Waals surface area contributed by atoms with Crippen molar-refractivity contribution in [3.05, 3.63) is 29.3 Å². The van der Waals surface area contributed by atoms with Crippen LogP contribution in [0.25, 0.3) is 0 Å². The van der Waals surface area contributed by atoms with Gasteiger partial charge in [0.25, 0.3) is 9.05 Å². The number of para-hydroxylation sites is 1. The molecule has 0 aliphatic heterocycles. The largest absolute Gasteiger partial charge is 0.490 e. The molecule has 1 unspecified atom stereocenters. The maximum atomic E-state index is 10.5. The van der Waals surface area contributed by atoms with Crippen LogP contribution >= 0.6 is 11.6 Å². The molecular weight excluding hydrogens is 260 g/mol. The van der Waals surface area contributed by atoms with Crippen LogP contribution in [0.3, 0.4) is 0 Å². The Kier molecular flexibility index (Phi) is 4.75. The first-order valence-electron chi connectivity index (χ1n) is 3.98. The van der Waals surface area contributed by atoms with Crippen molar-refractivity contribution in [2.24, 2.45) is 0 Å². The molecule has 1 aromatic carbocycles. The van der Waals surface area contributed by atoms with Gasteiger partial charge in [-0.1, -0.05) is 23.7 Å². The second-order valence-electron chi connectivity index (χ2n) is 2.53. The Bertz CT molecular complexity index is 418. The van der Waals surface area contributed by atoms with Crippen LogP contribution in [0.1, 0.15) is 0 Å². The van der Waals surface area contributed by atoms with Crippen LogP contribution in [0.2, 0.25) is 5.02 Å². The summed E-state index contributed by atoms with van der Waals surface area (Å²) in [5.41, 5.74) is 0. The molecule has 0 aliphatic carbocycles. The number of halogens is 1. The van der Waals surface area contributed by atoms with Crippen LogP contribution in [0.15, 0.2) is 24.3 Å². The zero-order valence-electron chi connectivity index (χ0n) is 7.59. The predicted molar refractivity (Wildman–Crippen MR) is 61.0 cm³/mol. The van der Waals surface area contributed by atoms with E-state index in [4.69, 9.17) is 20.9 Å². The topological polar surface area (TPSA) is 55.8 Å². The van der Waals surface area contributed by atoms with E-state index in [0.717, 1.165) is 0 Å². The molecule has 15 heavy (non-hydrogen) atoms. The minimum absolute atomic E-state index is 0.0654. The lowest BCUT2D eigenvalue weighted by Crippen LogP contribution is -2.10. The molecule has 0 radical (unpaired) electrons. The fourth-order valence-electron chi connectivity index (χ4n) is 0.853. The summed E-state index contributed by atoms with van der Waals surface area (Å²) in [4.78, 5) is 0. The van der Waals surface area contributed by atoms with E-state index < -0.39 is 9.05 Å². The first-order chi connectivity index (χ1) is 6.99. The quantitative estimate of drug-likeness (QED) is 0.827. The number of hydrogen-bond acceptors (Lipinski definition) is 4. The highest BCUT2D eigenvalue weighted by molar-refractivity contribution is 8.27. The Morgan fingerprint density at radius 1 is 1.40 bits per heavy atom. The van der Waals surface area contributed by atoms with E-state index in [-0.39, 0.29) is 13.2 Å². The molecule has 7 heteroatoms. The van der Waals surface area contributed by atoms with Gasteiger partial charge in [-0.25, -0.2) is 0 Å². The molecule has 0 saturated heterocycles. The smallest absolute Gasteiger partial charge is 0.266 e. The Hall–Kier alpha value is -0.400. The van der Waals surface area contributed by atoms with Crippen LogP contribution < -0.4 is 4.74 Å². The molecule has 1 N–H and O–H groups in total. The molecular formula is C8H9ClO4S2. The number of rotatable bonds is 5. The molecule has 0 aliphatic rings. The number of benzene rings is 1. The number of hydrogen-bond donors (Lipinski definition) is 1. The van der Waals surface area contributed by atoms with Crippen LogP contribution in [0.5, 0.6) is 5.75 Å². The van der Waals surface area contributed by atoms with Crippen molar-refractivity contribution in [1.82, 2.24) is 0 Å². The average molecular weight is 269 g/mol. The zero-order chi connectivity index (χ0) is 11.3. The molecule has 1 atom stereocenters. The van der Waals surface area contributed by atoms with Gasteiger partial charge in [0.1, 0.15) is 19.0 Å². The third-order valence-electron chi connectivity index (χ3n) is 1.41. The second-order valence-corrected chi connectivity index (χ2v) is 5.29. The van der Waals surface area contributed by atoms with Crippen molar-refractivity contribution < 1.29 is 17.7 Å². The van der Waals surface area contributed by atoms with Gasteiger partial charge in [0.05, 0.1) is 5.02 Å². The van der Waals surface area contributed by atoms with Crippen LogP contribution in [0.4, 0.5) is 0 Å². The SMILES string of the molecule is O=S(O)(=S)OCCOc1ccccc1Cl. The standard InChI is InChI=1S/C8H9ClO4S2/c9-7-3-1-2-4-8(7)12-5-6-13-15(10,11)14/h1-4H,5-6H2,(H,10,11,14). The molecule has 4 nitrogen and oxygen atoms in total. The Balaban J connectivity index is 2.36. The molecule has 0 bridgehead atoms. The van der Waals surface area contributed by atoms with E-state index >= 15 is 0 Å². The summed E-state index contributed by atoms with van der Waals surface area (Å²) in [6.45, 7) is 0.0436. The fourth-order valence-corrected chi connectivity index (χ4v) is 1.53. The van der Waals surface area contributed by atoms with Gasteiger partial charge in [0.15, 0.2) is 0 Å². The van der Waals surface area contributed by atoms with Crippen molar-refractivity contribution in [2.45, 2.75) is 0 Å². The van der Waals surface area contributed by atoms with E-state index in [1.165, 1.54) is 0 Å². The van der Waals surface area contributed by atoms with Crippen LogP contribution in [-0.4, -0.2) is 22.0 Å². The molecule has 1 rings (SSSR count). The summed E-state index contributed by atoms with van der Waals surface area (Å²) in [7, 11) is -3.57. The van der Waals surface area contributed by atoms with E-state index in [9.17, 15) is 4.21 Å². The highest BCUT2D eigenvalue weighted by Gasteiger charge is 2.02. The maximum absolute atomic E-state index is 10.5. The van der Waals surface area contributed by atoms with Gasteiger partial charge in [-0.2, -0.15) is 4.21 Å². The van der Waals surface area contributed by atoms with E-state index in [0.29, 0.717) is 10.8 Å². The van der Waals surface area contributed by atoms with Crippen molar-refractivity contribution in [1.29, 1.82) is 0 Å². The van der Waals surface area contributed by atoms with Crippen molar-refractivity contribution in [2.75, 3.05) is 13.2 Å². The molecule has 0 aromatic heterocycles. The Labute approximate surface area is 97.9 Å². The average Bonchev–Trinajstić information content (AvgIpc) is 2.13. The van der Waals surface area contributed by atoms with Crippen molar-refractivity contribution in [3.8, 4) is 5.75 Å². The summed E-state index contributed by atoms with van der Waals surface area (Å²) < 4.78 is 28.8. The summed E-state index contributed by atoms with van der Waals surface area (Å²) >= 11 is 9.92. The maximum Gasteiger partial charge on any atom is 0.266 e. The van der Waals surface area contributed by atoms with Gasteiger partial charge in [-0.15, -0.1) is 0 Å². The van der Waals surface area contributed by atoms with Crippen LogP contribution in [0, 0.1) is 0 Å². The molecule has 0 fully saturated rings. The third kappa shape index (κ3) is 5.29. The van der Waals surface area contributed by atoms with Gasteiger partial charge < -0.3 is 4.74 Å². The summed E-state index contributed by atoms with van der Waals surface area (Å²) in [6.07, 6.45) is 0. The molecule has 0 amide bonds. The summed E-state index contributed by atoms with van der Waals surface area (Å²) in [5.74, 6) is 0.497. The van der Waals surface area contributed by atoms with Gasteiger partial charge in [0, 0.05) is 11.2 Å². The first kappa shape index (κ1) is 12.7. The van der Waals surface area contributed by atoms with Gasteiger partial charge in [-0.3, -0.25) is 8.74 Å². The Morgan fingerprint density at radius 3 is 2.67 bits per heavy atom. The Morgan fingerprint density at radius 2 is 2.07 bits per heavy atom. The lowest BCUT2D eigenvalue weighted by atomic mass is 10.3. The normalized spacial score (nSPS) is 14.5. The van der Waals surface area contributed by atoms with Gasteiger partial charge in [-0.05, 0) is 12.1 Å². The monoisotopic (exact) mass is 268 g/mol. The first-order valence-corrected chi connectivity index (χ1v) is 6.72. The minimum atomic E-state index is -3.57. The van der Waals surface area contributed by atoms with Crippen LogP contribution in [-0.2, 0) is 24.4 Å². The highest BCUT2D eigenvalue weighted by Crippen LogP contribution is 2.22. The summed E-state index contributed by atoms with van der Waals surface area (Å²) in [5, 5.41) is 0.473. The minimum Gasteiger partial charge on any atom is -0.490 e. The van der Waals surface area contributed by atoms with Crippen molar-refractivity contribution >= 4 is 31.8 Å². The molecule has 0 spiro atoms. The lowest BCUT2D eigenvalue weighted by molar-refractivity contribution is 0.216. The van der Waals surface area contributed by atoms with E-state index in [1.807, 2.05) is 0 Å². The zero-order valence-corrected chi connectivity index (χ0v) is 9.98. The third-order valence-corrected chi connectivity index (χ3v) is 2.48. The van der Waals surface area contributed by atoms with E-state index in [1.54, 1.807) is 24.3 Å². The fraction of sp³-hybridized carbons (Fsp3) is 0.250.